The number of hydrogen-bond acceptors (Lipinski definition) is 4. The van der Waals surface area contributed by atoms with Crippen LogP contribution in [0, 0.1) is 0 Å². The van der Waals surface area contributed by atoms with Gasteiger partial charge in [0.15, 0.2) is 4.34 Å². The van der Waals surface area contributed by atoms with Gasteiger partial charge in [0.2, 0.25) is 0 Å². The highest BCUT2D eigenvalue weighted by Gasteiger charge is 2.13. The van der Waals surface area contributed by atoms with Crippen molar-refractivity contribution in [2.75, 3.05) is 11.6 Å². The first-order valence-corrected chi connectivity index (χ1v) is 8.60. The van der Waals surface area contributed by atoms with Crippen LogP contribution >= 0.6 is 23.1 Å². The molecule has 2 aromatic rings. The second-order valence-corrected chi connectivity index (χ2v) is 6.93. The predicted molar refractivity (Wildman–Crippen MR) is 81.9 cm³/mol. The fourth-order valence-corrected chi connectivity index (χ4v) is 4.09. The molecule has 96 valence electrons. The van der Waals surface area contributed by atoms with Crippen LogP contribution in [-0.4, -0.2) is 17.3 Å². The quantitative estimate of drug-likeness (QED) is 0.819. The largest absolute Gasteiger partial charge is 0.382 e. The lowest BCUT2D eigenvalue weighted by Crippen LogP contribution is -2.21. The number of fused-ring (bicyclic) bond motifs is 1. The average Bonchev–Trinajstić information content (AvgIpc) is 2.82. The number of benzene rings is 1. The zero-order valence-corrected chi connectivity index (χ0v) is 12.2. The molecule has 0 amide bonds. The standard InChI is InChI=1S/C14H18N2S2/c1-17-14-16-12-8-7-11(9-13(12)18-14)15-10-5-3-2-4-6-10/h7-10,15H,2-6H2,1H3. The first-order chi connectivity index (χ1) is 8.85. The Bertz CT molecular complexity index is 530. The monoisotopic (exact) mass is 278 g/mol. The molecule has 1 aliphatic carbocycles. The third kappa shape index (κ3) is 2.64. The number of nitrogens with one attached hydrogen (secondary N) is 1. The van der Waals surface area contributed by atoms with Gasteiger partial charge < -0.3 is 5.32 Å². The van der Waals surface area contributed by atoms with Crippen molar-refractivity contribution in [2.24, 2.45) is 0 Å². The molecule has 0 spiro atoms. The van der Waals surface area contributed by atoms with E-state index in [1.54, 1.807) is 23.1 Å². The second-order valence-electron chi connectivity index (χ2n) is 4.85. The summed E-state index contributed by atoms with van der Waals surface area (Å²) in [6, 6.07) is 7.22. The van der Waals surface area contributed by atoms with E-state index in [1.165, 1.54) is 42.5 Å². The van der Waals surface area contributed by atoms with Gasteiger partial charge in [-0.25, -0.2) is 4.98 Å². The molecule has 4 heteroatoms. The third-order valence-corrected chi connectivity index (χ3v) is 5.52. The van der Waals surface area contributed by atoms with Gasteiger partial charge in [-0.1, -0.05) is 31.0 Å². The Morgan fingerprint density at radius 1 is 1.28 bits per heavy atom. The molecular formula is C14H18N2S2. The van der Waals surface area contributed by atoms with Crippen LogP contribution in [0.25, 0.3) is 10.2 Å². The zero-order valence-electron chi connectivity index (χ0n) is 10.6. The zero-order chi connectivity index (χ0) is 12.4. The van der Waals surface area contributed by atoms with Crippen LogP contribution in [0.3, 0.4) is 0 Å². The minimum atomic E-state index is 0.671. The summed E-state index contributed by atoms with van der Waals surface area (Å²) in [5.41, 5.74) is 2.38. The Kier molecular flexibility index (Phi) is 3.75. The number of thiazole rings is 1. The number of aromatic nitrogens is 1. The van der Waals surface area contributed by atoms with Gasteiger partial charge in [0, 0.05) is 11.7 Å². The topological polar surface area (TPSA) is 24.9 Å². The molecule has 3 rings (SSSR count). The maximum Gasteiger partial charge on any atom is 0.150 e. The highest BCUT2D eigenvalue weighted by Crippen LogP contribution is 2.31. The molecule has 18 heavy (non-hydrogen) atoms. The molecule has 1 N–H and O–H groups in total. The summed E-state index contributed by atoms with van der Waals surface area (Å²) in [6.45, 7) is 0. The van der Waals surface area contributed by atoms with Crippen molar-refractivity contribution >= 4 is 39.0 Å². The van der Waals surface area contributed by atoms with Gasteiger partial charge in [0.05, 0.1) is 10.2 Å². The van der Waals surface area contributed by atoms with E-state index in [2.05, 4.69) is 34.8 Å². The molecule has 0 aliphatic heterocycles. The Hall–Kier alpha value is -0.740. The van der Waals surface area contributed by atoms with Crippen molar-refractivity contribution < 1.29 is 0 Å². The van der Waals surface area contributed by atoms with Crippen LogP contribution in [0.1, 0.15) is 32.1 Å². The van der Waals surface area contributed by atoms with Crippen LogP contribution in [0.15, 0.2) is 22.5 Å². The van der Waals surface area contributed by atoms with Crippen LogP contribution in [0.2, 0.25) is 0 Å². The lowest BCUT2D eigenvalue weighted by atomic mass is 9.95. The van der Waals surface area contributed by atoms with Crippen LogP contribution < -0.4 is 5.32 Å². The highest BCUT2D eigenvalue weighted by atomic mass is 32.2. The highest BCUT2D eigenvalue weighted by molar-refractivity contribution is 8.00. The summed E-state index contributed by atoms with van der Waals surface area (Å²) in [7, 11) is 0. The fraction of sp³-hybridized carbons (Fsp3) is 0.500. The maximum atomic E-state index is 4.57. The molecule has 0 radical (unpaired) electrons. The van der Waals surface area contributed by atoms with Crippen molar-refractivity contribution in [3.05, 3.63) is 18.2 Å². The van der Waals surface area contributed by atoms with E-state index in [4.69, 9.17) is 0 Å². The van der Waals surface area contributed by atoms with E-state index in [0.29, 0.717) is 6.04 Å². The Balaban J connectivity index is 1.79. The average molecular weight is 278 g/mol. The van der Waals surface area contributed by atoms with E-state index < -0.39 is 0 Å². The van der Waals surface area contributed by atoms with E-state index in [0.717, 1.165) is 9.86 Å². The minimum Gasteiger partial charge on any atom is -0.382 e. The molecule has 2 nitrogen and oxygen atoms in total. The minimum absolute atomic E-state index is 0.671. The molecule has 0 saturated heterocycles. The molecule has 1 aliphatic rings. The fourth-order valence-electron chi connectivity index (χ4n) is 2.56. The first-order valence-electron chi connectivity index (χ1n) is 6.56. The lowest BCUT2D eigenvalue weighted by molar-refractivity contribution is 0.463. The summed E-state index contributed by atoms with van der Waals surface area (Å²) in [4.78, 5) is 4.57. The number of hydrogen-bond donors (Lipinski definition) is 1. The first kappa shape index (κ1) is 12.3. The summed E-state index contributed by atoms with van der Waals surface area (Å²) in [6.07, 6.45) is 8.86. The van der Waals surface area contributed by atoms with Gasteiger partial charge in [0.25, 0.3) is 0 Å². The van der Waals surface area contributed by atoms with E-state index >= 15 is 0 Å². The van der Waals surface area contributed by atoms with Crippen molar-refractivity contribution in [3.8, 4) is 0 Å². The summed E-state index contributed by atoms with van der Waals surface area (Å²) in [5.74, 6) is 0. The van der Waals surface area contributed by atoms with Crippen LogP contribution in [0.5, 0.6) is 0 Å². The summed E-state index contributed by atoms with van der Waals surface area (Å²) in [5, 5.41) is 3.67. The molecule has 1 fully saturated rings. The normalized spacial score (nSPS) is 17.2. The van der Waals surface area contributed by atoms with Gasteiger partial charge >= 0.3 is 0 Å². The van der Waals surface area contributed by atoms with Crippen molar-refractivity contribution in [1.82, 2.24) is 4.98 Å². The molecule has 0 unspecified atom stereocenters. The van der Waals surface area contributed by atoms with Gasteiger partial charge in [0.1, 0.15) is 0 Å². The molecular weight excluding hydrogens is 260 g/mol. The van der Waals surface area contributed by atoms with E-state index in [9.17, 15) is 0 Å². The van der Waals surface area contributed by atoms with Crippen molar-refractivity contribution in [2.45, 2.75) is 42.5 Å². The lowest BCUT2D eigenvalue weighted by Gasteiger charge is -2.23. The van der Waals surface area contributed by atoms with Crippen molar-refractivity contribution in [1.29, 1.82) is 0 Å². The Morgan fingerprint density at radius 2 is 2.11 bits per heavy atom. The van der Waals surface area contributed by atoms with Gasteiger partial charge in [-0.3, -0.25) is 0 Å². The molecule has 1 heterocycles. The molecule has 1 aromatic carbocycles. The molecule has 0 atom stereocenters. The maximum absolute atomic E-state index is 4.57. The molecule has 1 aromatic heterocycles. The van der Waals surface area contributed by atoms with Gasteiger partial charge in [-0.15, -0.1) is 11.3 Å². The number of thioether (sulfide) groups is 1. The van der Waals surface area contributed by atoms with E-state index in [-0.39, 0.29) is 0 Å². The smallest absolute Gasteiger partial charge is 0.150 e. The Labute approximate surface area is 116 Å². The van der Waals surface area contributed by atoms with Gasteiger partial charge in [-0.2, -0.15) is 0 Å². The third-order valence-electron chi connectivity index (χ3n) is 3.52. The van der Waals surface area contributed by atoms with Crippen molar-refractivity contribution in [3.63, 3.8) is 0 Å². The SMILES string of the molecule is CSc1nc2ccc(NC3CCCCC3)cc2s1. The second kappa shape index (κ2) is 5.49. The summed E-state index contributed by atoms with van der Waals surface area (Å²) >= 11 is 3.51. The number of rotatable bonds is 3. The van der Waals surface area contributed by atoms with Crippen LogP contribution in [0.4, 0.5) is 5.69 Å². The Morgan fingerprint density at radius 3 is 2.89 bits per heavy atom. The molecule has 1 saturated carbocycles. The number of anilines is 1. The molecule has 0 bridgehead atoms. The van der Waals surface area contributed by atoms with Gasteiger partial charge in [-0.05, 0) is 37.3 Å². The summed E-state index contributed by atoms with van der Waals surface area (Å²) < 4.78 is 2.44. The van der Waals surface area contributed by atoms with E-state index in [1.807, 2.05) is 0 Å². The predicted octanol–water partition coefficient (Wildman–Crippen LogP) is 4.76. The number of nitrogens with zero attached hydrogens (tertiary/aromatic N) is 1. The van der Waals surface area contributed by atoms with Crippen LogP contribution in [-0.2, 0) is 0 Å².